The number of benzene rings is 1. The normalized spacial score (nSPS) is 19.8. The minimum atomic E-state index is -1.97. The molecule has 4 heterocycles. The first-order valence-electron chi connectivity index (χ1n) is 11.8. The lowest BCUT2D eigenvalue weighted by molar-refractivity contribution is -0.172. The van der Waals surface area contributed by atoms with E-state index in [2.05, 4.69) is 10.3 Å². The maximum Gasteiger partial charge on any atom is 0.343 e. The predicted molar refractivity (Wildman–Crippen MR) is 127 cm³/mol. The summed E-state index contributed by atoms with van der Waals surface area (Å²) in [6.45, 7) is 6.22. The third-order valence-corrected chi connectivity index (χ3v) is 7.18. The Balaban J connectivity index is 1.80. The van der Waals surface area contributed by atoms with Gasteiger partial charge in [0.1, 0.15) is 18.5 Å². The van der Waals surface area contributed by atoms with Crippen molar-refractivity contribution in [2.24, 2.45) is 0 Å². The zero-order valence-electron chi connectivity index (χ0n) is 20.3. The van der Waals surface area contributed by atoms with Gasteiger partial charge in [0.05, 0.1) is 35.1 Å². The van der Waals surface area contributed by atoms with Crippen LogP contribution in [0.5, 0.6) is 0 Å². The molecule has 1 amide bonds. The number of aryl methyl sites for hydroxylation is 1. The number of cyclic esters (lactones) is 1. The summed E-state index contributed by atoms with van der Waals surface area (Å²) in [5, 5.41) is 24.2. The monoisotopic (exact) mass is 495 g/mol. The van der Waals surface area contributed by atoms with Crippen LogP contribution in [0.2, 0.25) is 0 Å². The Morgan fingerprint density at radius 1 is 1.28 bits per heavy atom. The quantitative estimate of drug-likeness (QED) is 0.370. The highest BCUT2D eigenvalue weighted by Gasteiger charge is 2.45. The molecule has 2 aromatic heterocycles. The van der Waals surface area contributed by atoms with Crippen molar-refractivity contribution in [1.82, 2.24) is 14.9 Å². The molecule has 0 fully saturated rings. The molecule has 3 N–H and O–H groups in total. The van der Waals surface area contributed by atoms with E-state index in [9.17, 15) is 29.0 Å². The average Bonchev–Trinajstić information content (AvgIpc) is 3.19. The second-order valence-electron chi connectivity index (χ2n) is 9.48. The average molecular weight is 496 g/mol. The summed E-state index contributed by atoms with van der Waals surface area (Å²) in [5.74, 6) is -1.85. The molecule has 1 aromatic carbocycles. The zero-order valence-corrected chi connectivity index (χ0v) is 20.3. The maximum atomic E-state index is 14.5. The molecule has 3 atom stereocenters. The first kappa shape index (κ1) is 24.1. The van der Waals surface area contributed by atoms with Crippen LogP contribution in [0, 0.1) is 12.7 Å². The molecule has 0 spiro atoms. The van der Waals surface area contributed by atoms with Gasteiger partial charge in [0.15, 0.2) is 5.60 Å². The molecule has 0 saturated carbocycles. The molecule has 0 unspecified atom stereocenters. The topological polar surface area (TPSA) is 131 Å². The van der Waals surface area contributed by atoms with Gasteiger partial charge in [-0.25, -0.2) is 14.2 Å². The summed E-state index contributed by atoms with van der Waals surface area (Å²) >= 11 is 0. The number of aliphatic hydroxyl groups excluding tert-OH is 1. The van der Waals surface area contributed by atoms with Gasteiger partial charge in [-0.3, -0.25) is 9.59 Å². The van der Waals surface area contributed by atoms with Gasteiger partial charge < -0.3 is 24.8 Å². The van der Waals surface area contributed by atoms with Crippen LogP contribution in [-0.4, -0.2) is 37.7 Å². The largest absolute Gasteiger partial charge is 0.458 e. The number of ether oxygens (including phenoxy) is 1. The molecule has 2 aliphatic heterocycles. The summed E-state index contributed by atoms with van der Waals surface area (Å²) in [6, 6.07) is 3.93. The molecule has 3 aromatic rings. The number of hydrogen-bond acceptors (Lipinski definition) is 7. The fourth-order valence-corrected chi connectivity index (χ4v) is 5.14. The number of amides is 1. The molecule has 0 bridgehead atoms. The number of rotatable bonds is 4. The first-order valence-corrected chi connectivity index (χ1v) is 11.8. The van der Waals surface area contributed by atoms with Crippen molar-refractivity contribution in [2.45, 2.75) is 65.0 Å². The Hall–Kier alpha value is -3.63. The Labute approximate surface area is 205 Å². The molecule has 0 aliphatic carbocycles. The Morgan fingerprint density at radius 2 is 2.00 bits per heavy atom. The van der Waals surface area contributed by atoms with Gasteiger partial charge >= 0.3 is 5.97 Å². The second kappa shape index (κ2) is 8.21. The molecular weight excluding hydrogens is 469 g/mol. The predicted octanol–water partition coefficient (Wildman–Crippen LogP) is 2.09. The number of aromatic nitrogens is 2. The summed E-state index contributed by atoms with van der Waals surface area (Å²) in [7, 11) is 0. The van der Waals surface area contributed by atoms with Gasteiger partial charge in [0.2, 0.25) is 5.91 Å². The number of halogens is 1. The van der Waals surface area contributed by atoms with Gasteiger partial charge in [-0.15, -0.1) is 0 Å². The molecule has 2 aliphatic rings. The van der Waals surface area contributed by atoms with Crippen LogP contribution >= 0.6 is 0 Å². The van der Waals surface area contributed by atoms with Gasteiger partial charge in [-0.1, -0.05) is 6.92 Å². The van der Waals surface area contributed by atoms with E-state index in [0.29, 0.717) is 39.0 Å². The van der Waals surface area contributed by atoms with Crippen molar-refractivity contribution in [3.05, 3.63) is 62.2 Å². The van der Waals surface area contributed by atoms with E-state index in [1.54, 1.807) is 32.9 Å². The fraction of sp³-hybridized carbons (Fsp3) is 0.385. The van der Waals surface area contributed by atoms with E-state index in [-0.39, 0.29) is 30.7 Å². The lowest BCUT2D eigenvalue weighted by Gasteiger charge is -2.31. The number of fused-ring (bicyclic) bond motifs is 5. The first-order chi connectivity index (χ1) is 17.0. The highest BCUT2D eigenvalue weighted by molar-refractivity contribution is 5.91. The van der Waals surface area contributed by atoms with E-state index in [0.717, 1.165) is 0 Å². The third kappa shape index (κ3) is 3.35. The number of aliphatic hydroxyl groups is 2. The van der Waals surface area contributed by atoms with Crippen LogP contribution in [0.4, 0.5) is 4.39 Å². The molecular formula is C26H26FN3O6. The standard InChI is InChI=1S/C26H26FN3O6/c1-5-26(35)17-7-20-22-15(9-30(20)24(33)16(17)10-36-25(26)34)21(12(3)28-23(32)13(4)31)14-6-11(2)18(27)8-19(14)29-22/h6-8,12-13,31,35H,5,9-10H2,1-4H3,(H,28,32)/t12-,13+,26-/m0/s1. The summed E-state index contributed by atoms with van der Waals surface area (Å²) in [6.07, 6.45) is -1.22. The minimum Gasteiger partial charge on any atom is -0.458 e. The smallest absolute Gasteiger partial charge is 0.343 e. The second-order valence-corrected chi connectivity index (χ2v) is 9.48. The lowest BCUT2D eigenvalue weighted by Crippen LogP contribution is -2.44. The van der Waals surface area contributed by atoms with E-state index in [4.69, 9.17) is 4.74 Å². The number of esters is 1. The number of nitrogens with zero attached hydrogens (tertiary/aromatic N) is 2. The summed E-state index contributed by atoms with van der Waals surface area (Å²) in [5.41, 5.74) is 0.790. The molecule has 0 saturated heterocycles. The van der Waals surface area contributed by atoms with E-state index < -0.39 is 41.0 Å². The molecule has 10 heteroatoms. The molecule has 188 valence electrons. The van der Waals surface area contributed by atoms with Crippen LogP contribution in [0.15, 0.2) is 23.0 Å². The van der Waals surface area contributed by atoms with Crippen molar-refractivity contribution >= 4 is 22.8 Å². The number of nitrogens with one attached hydrogen (secondary N) is 1. The van der Waals surface area contributed by atoms with Crippen LogP contribution in [0.3, 0.4) is 0 Å². The van der Waals surface area contributed by atoms with Gasteiger partial charge in [0.25, 0.3) is 5.56 Å². The van der Waals surface area contributed by atoms with Crippen molar-refractivity contribution in [1.29, 1.82) is 0 Å². The molecule has 36 heavy (non-hydrogen) atoms. The Morgan fingerprint density at radius 3 is 2.67 bits per heavy atom. The van der Waals surface area contributed by atoms with Crippen LogP contribution in [-0.2, 0) is 33.1 Å². The highest BCUT2D eigenvalue weighted by Crippen LogP contribution is 2.42. The van der Waals surface area contributed by atoms with Gasteiger partial charge in [-0.2, -0.15) is 0 Å². The third-order valence-electron chi connectivity index (χ3n) is 7.18. The lowest BCUT2D eigenvalue weighted by atomic mass is 9.86. The van der Waals surface area contributed by atoms with Crippen molar-refractivity contribution < 1.29 is 28.9 Å². The van der Waals surface area contributed by atoms with Crippen molar-refractivity contribution in [2.75, 3.05) is 0 Å². The van der Waals surface area contributed by atoms with E-state index >= 15 is 0 Å². The summed E-state index contributed by atoms with van der Waals surface area (Å²) in [4.78, 5) is 42.9. The van der Waals surface area contributed by atoms with E-state index in [1.165, 1.54) is 17.6 Å². The number of pyridine rings is 2. The zero-order chi connectivity index (χ0) is 26.1. The van der Waals surface area contributed by atoms with Gasteiger partial charge in [-0.05, 0) is 50.5 Å². The minimum absolute atomic E-state index is 0.0118. The maximum absolute atomic E-state index is 14.5. The van der Waals surface area contributed by atoms with E-state index in [1.807, 2.05) is 0 Å². The number of hydrogen-bond donors (Lipinski definition) is 3. The molecule has 5 rings (SSSR count). The molecule has 0 radical (unpaired) electrons. The summed E-state index contributed by atoms with van der Waals surface area (Å²) < 4.78 is 21.1. The van der Waals surface area contributed by atoms with Gasteiger partial charge in [0, 0.05) is 22.6 Å². The molecule has 9 nitrogen and oxygen atoms in total. The van der Waals surface area contributed by atoms with Crippen molar-refractivity contribution in [3.8, 4) is 11.4 Å². The van der Waals surface area contributed by atoms with Crippen molar-refractivity contribution in [3.63, 3.8) is 0 Å². The van der Waals surface area contributed by atoms with Crippen LogP contribution in [0.1, 0.15) is 61.1 Å². The highest BCUT2D eigenvalue weighted by atomic mass is 19.1. The Kier molecular flexibility index (Phi) is 5.49. The number of carbonyl (C=O) groups excluding carboxylic acids is 2. The van der Waals surface area contributed by atoms with Crippen LogP contribution in [0.25, 0.3) is 22.3 Å². The SMILES string of the molecule is CC[C@@]1(O)C(=O)OCc2c1cc1n(c2=O)Cc2c-1nc1cc(F)c(C)cc1c2[C@H](C)NC(=O)[C@@H](C)O. The number of carbonyl (C=O) groups is 2. The van der Waals surface area contributed by atoms with Crippen LogP contribution < -0.4 is 10.9 Å². The fourth-order valence-electron chi connectivity index (χ4n) is 5.14. The Bertz CT molecular complexity index is 1530.